The predicted molar refractivity (Wildman–Crippen MR) is 95.8 cm³/mol. The lowest BCUT2D eigenvalue weighted by atomic mass is 10.1. The summed E-state index contributed by atoms with van der Waals surface area (Å²) in [6.45, 7) is -0.0252. The highest BCUT2D eigenvalue weighted by Crippen LogP contribution is 2.33. The summed E-state index contributed by atoms with van der Waals surface area (Å²) in [4.78, 5) is 26.2. The van der Waals surface area contributed by atoms with Crippen LogP contribution in [0.3, 0.4) is 0 Å². The third-order valence-corrected chi connectivity index (χ3v) is 4.04. The minimum Gasteiger partial charge on any atom is -0.497 e. The van der Waals surface area contributed by atoms with Gasteiger partial charge in [0.1, 0.15) is 17.2 Å². The van der Waals surface area contributed by atoms with Crippen molar-refractivity contribution in [3.63, 3.8) is 0 Å². The number of hydrogen-bond acceptors (Lipinski definition) is 5. The number of ether oxygens (including phenoxy) is 3. The average molecular weight is 356 g/mol. The van der Waals surface area contributed by atoms with E-state index in [1.54, 1.807) is 49.6 Å². The standard InChI is InChI=1S/C19H20N2O5/c1-20-19(23)17-11-21(15-5-3-4-6-16(15)26-17)18(22)12-25-14-9-7-13(24-2)8-10-14/h3-10,17H,11-12H2,1-2H3,(H,20,23)/t17-/m0/s1. The summed E-state index contributed by atoms with van der Waals surface area (Å²) in [7, 11) is 3.11. The Morgan fingerprint density at radius 2 is 1.85 bits per heavy atom. The Balaban J connectivity index is 1.73. The molecule has 0 bridgehead atoms. The van der Waals surface area contributed by atoms with Crippen LogP contribution in [0.25, 0.3) is 0 Å². The van der Waals surface area contributed by atoms with Crippen molar-refractivity contribution in [2.24, 2.45) is 0 Å². The summed E-state index contributed by atoms with van der Waals surface area (Å²) >= 11 is 0. The molecule has 0 radical (unpaired) electrons. The van der Waals surface area contributed by atoms with Gasteiger partial charge in [0.15, 0.2) is 12.7 Å². The maximum Gasteiger partial charge on any atom is 0.265 e. The molecule has 0 unspecified atom stereocenters. The fourth-order valence-electron chi connectivity index (χ4n) is 2.66. The van der Waals surface area contributed by atoms with Crippen molar-refractivity contribution >= 4 is 17.5 Å². The van der Waals surface area contributed by atoms with Crippen molar-refractivity contribution in [2.75, 3.05) is 32.2 Å². The zero-order valence-electron chi connectivity index (χ0n) is 14.6. The van der Waals surface area contributed by atoms with E-state index in [0.29, 0.717) is 22.9 Å². The molecule has 26 heavy (non-hydrogen) atoms. The molecule has 3 rings (SSSR count). The van der Waals surface area contributed by atoms with E-state index >= 15 is 0 Å². The number of nitrogens with one attached hydrogen (secondary N) is 1. The minimum absolute atomic E-state index is 0.126. The molecule has 0 fully saturated rings. The topological polar surface area (TPSA) is 77.1 Å². The molecule has 0 aromatic heterocycles. The summed E-state index contributed by atoms with van der Waals surface area (Å²) in [5, 5.41) is 2.55. The van der Waals surface area contributed by atoms with Gasteiger partial charge in [-0.15, -0.1) is 0 Å². The van der Waals surface area contributed by atoms with Gasteiger partial charge in [-0.1, -0.05) is 12.1 Å². The molecular formula is C19H20N2O5. The van der Waals surface area contributed by atoms with E-state index in [4.69, 9.17) is 14.2 Å². The number of likely N-dealkylation sites (N-methyl/N-ethyl adjacent to an activating group) is 1. The first-order valence-electron chi connectivity index (χ1n) is 8.17. The van der Waals surface area contributed by atoms with E-state index in [9.17, 15) is 9.59 Å². The second kappa shape index (κ2) is 7.77. The molecule has 2 aromatic rings. The molecule has 0 saturated carbocycles. The lowest BCUT2D eigenvalue weighted by molar-refractivity contribution is -0.128. The Hall–Kier alpha value is -3.22. The number of carbonyl (C=O) groups excluding carboxylic acids is 2. The average Bonchev–Trinajstić information content (AvgIpc) is 2.70. The van der Waals surface area contributed by atoms with Crippen LogP contribution in [0.4, 0.5) is 5.69 Å². The van der Waals surface area contributed by atoms with Crippen molar-refractivity contribution < 1.29 is 23.8 Å². The van der Waals surface area contributed by atoms with Crippen LogP contribution in [0, 0.1) is 0 Å². The molecule has 0 aliphatic carbocycles. The zero-order chi connectivity index (χ0) is 18.5. The van der Waals surface area contributed by atoms with Crippen molar-refractivity contribution in [2.45, 2.75) is 6.10 Å². The van der Waals surface area contributed by atoms with Crippen LogP contribution in [0.2, 0.25) is 0 Å². The van der Waals surface area contributed by atoms with Gasteiger partial charge in [-0.05, 0) is 36.4 Å². The molecule has 0 spiro atoms. The van der Waals surface area contributed by atoms with Crippen molar-refractivity contribution in [3.05, 3.63) is 48.5 Å². The van der Waals surface area contributed by atoms with Crippen LogP contribution in [-0.2, 0) is 9.59 Å². The number of anilines is 1. The van der Waals surface area contributed by atoms with Gasteiger partial charge in [0.05, 0.1) is 19.3 Å². The van der Waals surface area contributed by atoms with E-state index in [1.165, 1.54) is 11.9 Å². The van der Waals surface area contributed by atoms with E-state index in [0.717, 1.165) is 0 Å². The maximum atomic E-state index is 12.7. The van der Waals surface area contributed by atoms with Gasteiger partial charge in [-0.3, -0.25) is 9.59 Å². The molecule has 2 amide bonds. The number of hydrogen-bond donors (Lipinski definition) is 1. The highest BCUT2D eigenvalue weighted by molar-refractivity contribution is 5.98. The Morgan fingerprint density at radius 3 is 2.54 bits per heavy atom. The highest BCUT2D eigenvalue weighted by atomic mass is 16.5. The fourth-order valence-corrected chi connectivity index (χ4v) is 2.66. The molecule has 1 N–H and O–H groups in total. The van der Waals surface area contributed by atoms with Crippen LogP contribution >= 0.6 is 0 Å². The number of methoxy groups -OCH3 is 1. The first-order valence-corrected chi connectivity index (χ1v) is 8.17. The summed E-state index contributed by atoms with van der Waals surface area (Å²) in [5.41, 5.74) is 0.621. The van der Waals surface area contributed by atoms with Gasteiger partial charge in [-0.2, -0.15) is 0 Å². The minimum atomic E-state index is -0.764. The Bertz CT molecular complexity index is 791. The monoisotopic (exact) mass is 356 g/mol. The van der Waals surface area contributed by atoms with E-state index in [1.807, 2.05) is 6.07 Å². The highest BCUT2D eigenvalue weighted by Gasteiger charge is 2.33. The van der Waals surface area contributed by atoms with Crippen molar-refractivity contribution in [1.82, 2.24) is 5.32 Å². The van der Waals surface area contributed by atoms with Crippen LogP contribution < -0.4 is 24.4 Å². The molecule has 1 aliphatic heterocycles. The molecule has 136 valence electrons. The van der Waals surface area contributed by atoms with Gasteiger partial charge in [0, 0.05) is 7.05 Å². The first-order chi connectivity index (χ1) is 12.6. The number of rotatable bonds is 5. The lowest BCUT2D eigenvalue weighted by Crippen LogP contribution is -2.51. The maximum absolute atomic E-state index is 12.7. The third kappa shape index (κ3) is 3.72. The van der Waals surface area contributed by atoms with Gasteiger partial charge in [-0.25, -0.2) is 0 Å². The van der Waals surface area contributed by atoms with E-state index < -0.39 is 6.10 Å². The lowest BCUT2D eigenvalue weighted by Gasteiger charge is -2.33. The Kier molecular flexibility index (Phi) is 5.26. The smallest absolute Gasteiger partial charge is 0.265 e. The fraction of sp³-hybridized carbons (Fsp3) is 0.263. The second-order valence-corrected chi connectivity index (χ2v) is 5.66. The van der Waals surface area contributed by atoms with Crippen molar-refractivity contribution in [3.8, 4) is 17.2 Å². The van der Waals surface area contributed by atoms with Gasteiger partial charge in [0.25, 0.3) is 11.8 Å². The summed E-state index contributed by atoms with van der Waals surface area (Å²) in [5.74, 6) is 1.21. The molecule has 1 heterocycles. The molecule has 7 heteroatoms. The second-order valence-electron chi connectivity index (χ2n) is 5.66. The zero-order valence-corrected chi connectivity index (χ0v) is 14.6. The number of fused-ring (bicyclic) bond motifs is 1. The predicted octanol–water partition coefficient (Wildman–Crippen LogP) is 1.61. The van der Waals surface area contributed by atoms with E-state index in [2.05, 4.69) is 5.32 Å². The summed E-state index contributed by atoms with van der Waals surface area (Å²) in [6, 6.07) is 14.1. The summed E-state index contributed by atoms with van der Waals surface area (Å²) < 4.78 is 16.4. The summed E-state index contributed by atoms with van der Waals surface area (Å²) in [6.07, 6.45) is -0.764. The molecule has 7 nitrogen and oxygen atoms in total. The number of benzene rings is 2. The quantitative estimate of drug-likeness (QED) is 0.881. The molecule has 1 aliphatic rings. The van der Waals surface area contributed by atoms with Crippen LogP contribution in [-0.4, -0.2) is 45.2 Å². The Labute approximate surface area is 151 Å². The Morgan fingerprint density at radius 1 is 1.15 bits per heavy atom. The third-order valence-electron chi connectivity index (χ3n) is 4.04. The number of nitrogens with zero attached hydrogens (tertiary/aromatic N) is 1. The van der Waals surface area contributed by atoms with Crippen molar-refractivity contribution in [1.29, 1.82) is 0 Å². The molecular weight excluding hydrogens is 336 g/mol. The first kappa shape index (κ1) is 17.6. The van der Waals surface area contributed by atoms with Crippen LogP contribution in [0.15, 0.2) is 48.5 Å². The van der Waals surface area contributed by atoms with Crippen LogP contribution in [0.1, 0.15) is 0 Å². The van der Waals surface area contributed by atoms with Gasteiger partial charge in [0.2, 0.25) is 0 Å². The normalized spacial score (nSPS) is 15.5. The molecule has 1 atom stereocenters. The SMILES string of the molecule is CNC(=O)[C@@H]1CN(C(=O)COc2ccc(OC)cc2)c2ccccc2O1. The number of para-hydroxylation sites is 2. The van der Waals surface area contributed by atoms with Crippen LogP contribution in [0.5, 0.6) is 17.2 Å². The number of amides is 2. The molecule has 2 aromatic carbocycles. The van der Waals surface area contributed by atoms with Gasteiger partial charge < -0.3 is 24.4 Å². The largest absolute Gasteiger partial charge is 0.497 e. The van der Waals surface area contributed by atoms with Gasteiger partial charge >= 0.3 is 0 Å². The molecule has 0 saturated heterocycles. The van der Waals surface area contributed by atoms with E-state index in [-0.39, 0.29) is 25.0 Å². The number of carbonyl (C=O) groups is 2.